The van der Waals surface area contributed by atoms with Gasteiger partial charge >= 0.3 is 12.0 Å². The summed E-state index contributed by atoms with van der Waals surface area (Å²) in [7, 11) is 0. The molecule has 0 rings (SSSR count). The summed E-state index contributed by atoms with van der Waals surface area (Å²) >= 11 is 0. The highest BCUT2D eigenvalue weighted by Gasteiger charge is 2.20. The normalized spacial score (nSPS) is 13.1. The zero-order chi connectivity index (χ0) is 12.1. The first-order valence-electron chi connectivity index (χ1n) is 4.97. The van der Waals surface area contributed by atoms with Gasteiger partial charge in [0.1, 0.15) is 6.54 Å². The van der Waals surface area contributed by atoms with Crippen LogP contribution in [0.25, 0.3) is 0 Å². The lowest BCUT2D eigenvalue weighted by molar-refractivity contribution is -0.135. The molecular formula is C10H20N2O3. The van der Waals surface area contributed by atoms with E-state index in [1.165, 1.54) is 0 Å². The lowest BCUT2D eigenvalue weighted by atomic mass is 9.82. The van der Waals surface area contributed by atoms with Crippen molar-refractivity contribution in [3.63, 3.8) is 0 Å². The van der Waals surface area contributed by atoms with E-state index in [2.05, 4.69) is 31.4 Å². The van der Waals surface area contributed by atoms with Crippen molar-refractivity contribution in [2.24, 2.45) is 11.3 Å². The first-order valence-corrected chi connectivity index (χ1v) is 4.97. The molecule has 0 spiro atoms. The van der Waals surface area contributed by atoms with Crippen LogP contribution in [0.3, 0.4) is 0 Å². The van der Waals surface area contributed by atoms with E-state index in [0.717, 1.165) is 0 Å². The molecule has 0 aromatic heterocycles. The summed E-state index contributed by atoms with van der Waals surface area (Å²) in [5, 5.41) is 13.2. The number of carbonyl (C=O) groups excluding carboxylic acids is 1. The number of urea groups is 1. The predicted octanol–water partition coefficient (Wildman–Crippen LogP) is 1.05. The number of nitrogens with one attached hydrogen (secondary N) is 2. The van der Waals surface area contributed by atoms with Crippen molar-refractivity contribution in [3.8, 4) is 0 Å². The first kappa shape index (κ1) is 13.7. The Balaban J connectivity index is 3.76. The second-order valence-electron chi connectivity index (χ2n) is 4.72. The fourth-order valence-corrected chi connectivity index (χ4v) is 0.770. The minimum Gasteiger partial charge on any atom is -0.480 e. The smallest absolute Gasteiger partial charge is 0.323 e. The van der Waals surface area contributed by atoms with Crippen LogP contribution in [0.4, 0.5) is 4.79 Å². The maximum atomic E-state index is 11.1. The topological polar surface area (TPSA) is 78.4 Å². The summed E-state index contributed by atoms with van der Waals surface area (Å²) in [6.45, 7) is 8.50. The van der Waals surface area contributed by atoms with E-state index in [1.54, 1.807) is 0 Å². The van der Waals surface area contributed by atoms with Gasteiger partial charge in [0.25, 0.3) is 0 Å². The Hall–Kier alpha value is -1.26. The molecule has 1 unspecified atom stereocenters. The van der Waals surface area contributed by atoms with Crippen LogP contribution in [0, 0.1) is 11.3 Å². The molecule has 0 aromatic carbocycles. The van der Waals surface area contributed by atoms with Crippen LogP contribution in [-0.2, 0) is 4.79 Å². The van der Waals surface area contributed by atoms with E-state index in [-0.39, 0.29) is 12.0 Å². The molecule has 1 atom stereocenters. The van der Waals surface area contributed by atoms with E-state index in [4.69, 9.17) is 5.11 Å². The molecule has 88 valence electrons. The van der Waals surface area contributed by atoms with Gasteiger partial charge in [0.2, 0.25) is 0 Å². The van der Waals surface area contributed by atoms with Gasteiger partial charge < -0.3 is 15.7 Å². The van der Waals surface area contributed by atoms with E-state index < -0.39 is 12.0 Å². The van der Waals surface area contributed by atoms with Gasteiger partial charge in [-0.25, -0.2) is 4.79 Å². The molecule has 3 N–H and O–H groups in total. The van der Waals surface area contributed by atoms with E-state index in [9.17, 15) is 9.59 Å². The number of hydrogen-bond donors (Lipinski definition) is 3. The van der Waals surface area contributed by atoms with E-state index in [0.29, 0.717) is 12.5 Å². The van der Waals surface area contributed by atoms with Crippen LogP contribution in [-0.4, -0.2) is 30.2 Å². The first-order chi connectivity index (χ1) is 6.73. The predicted molar refractivity (Wildman–Crippen MR) is 57.7 cm³/mol. The second kappa shape index (κ2) is 5.58. The van der Waals surface area contributed by atoms with E-state index >= 15 is 0 Å². The molecule has 0 bridgehead atoms. The Labute approximate surface area is 90.2 Å². The summed E-state index contributed by atoms with van der Waals surface area (Å²) in [6.07, 6.45) is 0. The molecule has 0 heterocycles. The highest BCUT2D eigenvalue weighted by atomic mass is 16.4. The Morgan fingerprint density at radius 3 is 2.20 bits per heavy atom. The van der Waals surface area contributed by atoms with Crippen LogP contribution in [0.1, 0.15) is 27.7 Å². The number of rotatable bonds is 4. The van der Waals surface area contributed by atoms with Gasteiger partial charge in [0.15, 0.2) is 0 Å². The molecule has 5 heteroatoms. The Kier molecular flexibility index (Phi) is 5.11. The van der Waals surface area contributed by atoms with Gasteiger partial charge in [-0.2, -0.15) is 0 Å². The number of hydrogen-bond acceptors (Lipinski definition) is 2. The summed E-state index contributed by atoms with van der Waals surface area (Å²) in [6, 6.07) is -0.437. The average Bonchev–Trinajstić information content (AvgIpc) is 2.09. The zero-order valence-corrected chi connectivity index (χ0v) is 9.76. The highest BCUT2D eigenvalue weighted by molar-refractivity contribution is 5.79. The van der Waals surface area contributed by atoms with Gasteiger partial charge in [-0.15, -0.1) is 0 Å². The quantitative estimate of drug-likeness (QED) is 0.657. The summed E-state index contributed by atoms with van der Waals surface area (Å²) < 4.78 is 0. The van der Waals surface area contributed by atoms with Crippen molar-refractivity contribution in [3.05, 3.63) is 0 Å². The third kappa shape index (κ3) is 6.76. The summed E-state index contributed by atoms with van der Waals surface area (Å²) in [5.41, 5.74) is 0.125. The van der Waals surface area contributed by atoms with Crippen molar-refractivity contribution in [2.45, 2.75) is 27.7 Å². The molecule has 0 aromatic rings. The lowest BCUT2D eigenvalue weighted by Gasteiger charge is -2.27. The molecule has 2 amide bonds. The van der Waals surface area contributed by atoms with E-state index in [1.807, 2.05) is 6.92 Å². The van der Waals surface area contributed by atoms with Crippen LogP contribution in [0.15, 0.2) is 0 Å². The number of aliphatic carboxylic acids is 1. The average molecular weight is 216 g/mol. The van der Waals surface area contributed by atoms with Crippen molar-refractivity contribution < 1.29 is 14.7 Å². The third-order valence-corrected chi connectivity index (χ3v) is 2.45. The largest absolute Gasteiger partial charge is 0.480 e. The molecule has 0 aliphatic carbocycles. The molecule has 0 aliphatic heterocycles. The second-order valence-corrected chi connectivity index (χ2v) is 4.72. The molecule has 0 aliphatic rings. The monoisotopic (exact) mass is 216 g/mol. The van der Waals surface area contributed by atoms with Crippen LogP contribution in [0.2, 0.25) is 0 Å². The zero-order valence-electron chi connectivity index (χ0n) is 9.76. The van der Waals surface area contributed by atoms with Gasteiger partial charge in [0.05, 0.1) is 0 Å². The van der Waals surface area contributed by atoms with Crippen LogP contribution >= 0.6 is 0 Å². The fourth-order valence-electron chi connectivity index (χ4n) is 0.770. The van der Waals surface area contributed by atoms with Crippen molar-refractivity contribution in [1.82, 2.24) is 10.6 Å². The number of amides is 2. The molecule has 0 saturated heterocycles. The fraction of sp³-hybridized carbons (Fsp3) is 0.800. The summed E-state index contributed by atoms with van der Waals surface area (Å²) in [4.78, 5) is 21.3. The van der Waals surface area contributed by atoms with Gasteiger partial charge in [0, 0.05) is 6.54 Å². The summed E-state index contributed by atoms with van der Waals surface area (Å²) in [5.74, 6) is -0.720. The number of carbonyl (C=O) groups is 2. The standard InChI is InChI=1S/C10H20N2O3/c1-7(10(2,3)4)5-11-9(15)12-6-8(13)14/h7H,5-6H2,1-4H3,(H,13,14)(H2,11,12,15). The minimum atomic E-state index is -1.05. The number of carboxylic acid groups (broad SMARTS) is 1. The van der Waals surface area contributed by atoms with Crippen LogP contribution in [0.5, 0.6) is 0 Å². The van der Waals surface area contributed by atoms with Crippen molar-refractivity contribution in [1.29, 1.82) is 0 Å². The lowest BCUT2D eigenvalue weighted by Crippen LogP contribution is -2.41. The maximum absolute atomic E-state index is 11.1. The molecule has 0 fully saturated rings. The third-order valence-electron chi connectivity index (χ3n) is 2.45. The minimum absolute atomic E-state index is 0.125. The SMILES string of the molecule is CC(CNC(=O)NCC(=O)O)C(C)(C)C. The molecule has 5 nitrogen and oxygen atoms in total. The van der Waals surface area contributed by atoms with Gasteiger partial charge in [-0.05, 0) is 11.3 Å². The van der Waals surface area contributed by atoms with Gasteiger partial charge in [-0.1, -0.05) is 27.7 Å². The molecule has 0 radical (unpaired) electrons. The molecular weight excluding hydrogens is 196 g/mol. The molecule has 0 saturated carbocycles. The number of carboxylic acids is 1. The molecule has 15 heavy (non-hydrogen) atoms. The van der Waals surface area contributed by atoms with Crippen molar-refractivity contribution in [2.75, 3.05) is 13.1 Å². The van der Waals surface area contributed by atoms with Crippen molar-refractivity contribution >= 4 is 12.0 Å². The van der Waals surface area contributed by atoms with Gasteiger partial charge in [-0.3, -0.25) is 4.79 Å². The highest BCUT2D eigenvalue weighted by Crippen LogP contribution is 2.24. The van der Waals surface area contributed by atoms with Crippen LogP contribution < -0.4 is 10.6 Å². The Morgan fingerprint density at radius 2 is 1.80 bits per heavy atom. The maximum Gasteiger partial charge on any atom is 0.323 e. The Bertz CT molecular complexity index is 233. The Morgan fingerprint density at radius 1 is 1.27 bits per heavy atom.